The van der Waals surface area contributed by atoms with Crippen LogP contribution >= 0.6 is 11.9 Å². The first-order valence-electron chi connectivity index (χ1n) is 9.54. The summed E-state index contributed by atoms with van der Waals surface area (Å²) in [7, 11) is 1.59. The lowest BCUT2D eigenvalue weighted by Crippen LogP contribution is -2.20. The van der Waals surface area contributed by atoms with Crippen molar-refractivity contribution >= 4 is 29.1 Å². The van der Waals surface area contributed by atoms with Crippen molar-refractivity contribution < 1.29 is 14.3 Å². The normalized spacial score (nSPS) is 13.7. The molecule has 0 saturated heterocycles. The van der Waals surface area contributed by atoms with Crippen LogP contribution in [0.3, 0.4) is 0 Å². The number of fused-ring (bicyclic) bond motifs is 1. The minimum atomic E-state index is -0.336. The first kappa shape index (κ1) is 19.7. The van der Waals surface area contributed by atoms with E-state index in [9.17, 15) is 14.3 Å². The maximum Gasteiger partial charge on any atom is 0.255 e. The summed E-state index contributed by atoms with van der Waals surface area (Å²) in [6, 6.07) is 8.03. The number of aliphatic hydroxyl groups excluding tert-OH is 1. The van der Waals surface area contributed by atoms with Gasteiger partial charge in [0.05, 0.1) is 36.1 Å². The van der Waals surface area contributed by atoms with Crippen LogP contribution in [0.1, 0.15) is 34.7 Å². The maximum atomic E-state index is 13.4. The number of nitrogens with one attached hydrogen (secondary N) is 1. The number of benzene rings is 1. The lowest BCUT2D eigenvalue weighted by atomic mass is 10.0. The molecule has 1 aliphatic carbocycles. The van der Waals surface area contributed by atoms with Gasteiger partial charge < -0.3 is 14.7 Å². The van der Waals surface area contributed by atoms with Crippen molar-refractivity contribution in [3.63, 3.8) is 0 Å². The molecule has 0 atom stereocenters. The molecule has 29 heavy (non-hydrogen) atoms. The molecule has 2 aromatic heterocycles. The highest BCUT2D eigenvalue weighted by Crippen LogP contribution is 2.46. The minimum absolute atomic E-state index is 0.0480. The third kappa shape index (κ3) is 3.70. The number of halogens is 1. The first-order chi connectivity index (χ1) is 14.1. The molecular formula is C21H23FN4O2S. The van der Waals surface area contributed by atoms with Crippen LogP contribution in [-0.2, 0) is 0 Å². The Hall–Kier alpha value is -2.58. The molecule has 6 nitrogen and oxygen atoms in total. The Balaban J connectivity index is 1.95. The Labute approximate surface area is 172 Å². The predicted octanol–water partition coefficient (Wildman–Crippen LogP) is 3.45. The van der Waals surface area contributed by atoms with E-state index in [1.165, 1.54) is 12.1 Å². The third-order valence-corrected chi connectivity index (χ3v) is 5.98. The number of carbonyl (C=O) groups excluding carboxylic acids is 1. The van der Waals surface area contributed by atoms with Gasteiger partial charge in [0.2, 0.25) is 0 Å². The topological polar surface area (TPSA) is 69.9 Å². The van der Waals surface area contributed by atoms with E-state index in [4.69, 9.17) is 0 Å². The average Bonchev–Trinajstić information content (AvgIpc) is 3.51. The standard InChI is InChI=1S/C21H23FN4O2S/c1-23-21(28)19-17-11-16(13-3-4-13)18(26(29-2)9-10-27)12-25(17)24-20(19)14-5-7-15(22)8-6-14/h5-8,11-13,27H,3-4,9-10H2,1-2H3,(H,23,28). The molecule has 8 heteroatoms. The Bertz CT molecular complexity index is 1050. The molecular weight excluding hydrogens is 391 g/mol. The van der Waals surface area contributed by atoms with Gasteiger partial charge in [-0.15, -0.1) is 0 Å². The zero-order valence-corrected chi connectivity index (χ0v) is 17.2. The molecule has 0 unspecified atom stereocenters. The molecule has 1 amide bonds. The van der Waals surface area contributed by atoms with Crippen molar-refractivity contribution in [2.45, 2.75) is 18.8 Å². The molecule has 2 heterocycles. The fraction of sp³-hybridized carbons (Fsp3) is 0.333. The second-order valence-electron chi connectivity index (χ2n) is 7.04. The minimum Gasteiger partial charge on any atom is -0.394 e. The quantitative estimate of drug-likeness (QED) is 0.580. The van der Waals surface area contributed by atoms with Crippen LogP contribution in [0.5, 0.6) is 0 Å². The van der Waals surface area contributed by atoms with Gasteiger partial charge in [0.25, 0.3) is 5.91 Å². The van der Waals surface area contributed by atoms with Gasteiger partial charge in [-0.1, -0.05) is 11.9 Å². The molecule has 0 spiro atoms. The van der Waals surface area contributed by atoms with Crippen molar-refractivity contribution in [3.8, 4) is 11.3 Å². The van der Waals surface area contributed by atoms with E-state index in [-0.39, 0.29) is 18.3 Å². The zero-order valence-electron chi connectivity index (χ0n) is 16.4. The number of pyridine rings is 1. The molecule has 3 aromatic rings. The summed E-state index contributed by atoms with van der Waals surface area (Å²) < 4.78 is 17.2. The molecule has 4 rings (SSSR count). The van der Waals surface area contributed by atoms with E-state index in [1.807, 2.05) is 22.8 Å². The molecule has 1 aliphatic rings. The van der Waals surface area contributed by atoms with Crippen molar-refractivity contribution in [3.05, 3.63) is 53.5 Å². The van der Waals surface area contributed by atoms with Crippen LogP contribution in [-0.4, -0.2) is 47.1 Å². The molecule has 1 aromatic carbocycles. The van der Waals surface area contributed by atoms with Crippen LogP contribution in [0.25, 0.3) is 16.8 Å². The number of hydrogen-bond donors (Lipinski definition) is 2. The summed E-state index contributed by atoms with van der Waals surface area (Å²) in [5.41, 5.74) is 4.56. The SMILES string of the molecule is CNC(=O)c1c(-c2ccc(F)cc2)nn2cc(N(CCO)SC)c(C3CC3)cc12. The number of hydrogen-bond acceptors (Lipinski definition) is 5. The Morgan fingerprint density at radius 3 is 2.69 bits per heavy atom. The van der Waals surface area contributed by atoms with Gasteiger partial charge in [0, 0.05) is 18.9 Å². The van der Waals surface area contributed by atoms with E-state index in [2.05, 4.69) is 10.4 Å². The summed E-state index contributed by atoms with van der Waals surface area (Å²) in [6.07, 6.45) is 6.12. The van der Waals surface area contributed by atoms with Crippen molar-refractivity contribution in [1.82, 2.24) is 14.9 Å². The van der Waals surface area contributed by atoms with Crippen LogP contribution < -0.4 is 9.62 Å². The Morgan fingerprint density at radius 1 is 1.38 bits per heavy atom. The fourth-order valence-corrected chi connectivity index (χ4v) is 4.20. The van der Waals surface area contributed by atoms with Gasteiger partial charge in [0.15, 0.2) is 0 Å². The van der Waals surface area contributed by atoms with E-state index < -0.39 is 0 Å². The summed E-state index contributed by atoms with van der Waals surface area (Å²) in [5.74, 6) is -0.118. The van der Waals surface area contributed by atoms with Gasteiger partial charge in [-0.2, -0.15) is 5.10 Å². The highest BCUT2D eigenvalue weighted by molar-refractivity contribution is 7.99. The van der Waals surface area contributed by atoms with Gasteiger partial charge in [-0.05, 0) is 54.7 Å². The van der Waals surface area contributed by atoms with Crippen molar-refractivity contribution in [1.29, 1.82) is 0 Å². The number of aliphatic hydroxyl groups is 1. The van der Waals surface area contributed by atoms with E-state index in [1.54, 1.807) is 35.6 Å². The van der Waals surface area contributed by atoms with Crippen LogP contribution in [0, 0.1) is 5.82 Å². The van der Waals surface area contributed by atoms with Crippen LogP contribution in [0.2, 0.25) is 0 Å². The molecule has 1 fully saturated rings. The smallest absolute Gasteiger partial charge is 0.255 e. The summed E-state index contributed by atoms with van der Waals surface area (Å²) in [5, 5.41) is 16.8. The molecule has 2 N–H and O–H groups in total. The van der Waals surface area contributed by atoms with Crippen LogP contribution in [0.15, 0.2) is 36.5 Å². The predicted molar refractivity (Wildman–Crippen MR) is 114 cm³/mol. The summed E-state index contributed by atoms with van der Waals surface area (Å²) in [4.78, 5) is 12.7. The van der Waals surface area contributed by atoms with Gasteiger partial charge in [-0.25, -0.2) is 8.91 Å². The van der Waals surface area contributed by atoms with Crippen molar-refractivity contribution in [2.75, 3.05) is 30.8 Å². The zero-order chi connectivity index (χ0) is 20.5. The Kier molecular flexibility index (Phi) is 5.47. The summed E-state index contributed by atoms with van der Waals surface area (Å²) >= 11 is 1.55. The van der Waals surface area contributed by atoms with E-state index in [0.29, 0.717) is 29.3 Å². The lowest BCUT2D eigenvalue weighted by Gasteiger charge is -2.23. The molecule has 1 saturated carbocycles. The largest absolute Gasteiger partial charge is 0.394 e. The first-order valence-corrected chi connectivity index (χ1v) is 10.7. The Morgan fingerprint density at radius 2 is 2.10 bits per heavy atom. The highest BCUT2D eigenvalue weighted by atomic mass is 32.2. The highest BCUT2D eigenvalue weighted by Gasteiger charge is 2.30. The maximum absolute atomic E-state index is 13.4. The number of carbonyl (C=O) groups is 1. The number of nitrogens with zero attached hydrogens (tertiary/aromatic N) is 3. The average molecular weight is 415 g/mol. The molecule has 0 bridgehead atoms. The molecule has 0 aliphatic heterocycles. The second kappa shape index (κ2) is 8.04. The fourth-order valence-electron chi connectivity index (χ4n) is 3.59. The van der Waals surface area contributed by atoms with E-state index in [0.717, 1.165) is 29.6 Å². The van der Waals surface area contributed by atoms with Gasteiger partial charge in [0.1, 0.15) is 11.5 Å². The summed E-state index contributed by atoms with van der Waals surface area (Å²) in [6.45, 7) is 0.549. The van der Waals surface area contributed by atoms with Gasteiger partial charge in [-0.3, -0.25) is 4.79 Å². The van der Waals surface area contributed by atoms with Crippen LogP contribution in [0.4, 0.5) is 10.1 Å². The molecule has 0 radical (unpaired) electrons. The van der Waals surface area contributed by atoms with E-state index >= 15 is 0 Å². The van der Waals surface area contributed by atoms with Crippen molar-refractivity contribution in [2.24, 2.45) is 0 Å². The van der Waals surface area contributed by atoms with Gasteiger partial charge >= 0.3 is 0 Å². The third-order valence-electron chi connectivity index (χ3n) is 5.16. The number of amides is 1. The second-order valence-corrected chi connectivity index (χ2v) is 7.84. The molecule has 152 valence electrons. The number of aromatic nitrogens is 2. The lowest BCUT2D eigenvalue weighted by molar-refractivity contribution is 0.0965. The number of anilines is 1. The number of rotatable bonds is 7. The monoisotopic (exact) mass is 414 g/mol.